The minimum Gasteiger partial charge on any atom is -0.310 e. The molecular weight excluding hydrogens is 246 g/mol. The highest BCUT2D eigenvalue weighted by Gasteiger charge is 2.10. The van der Waals surface area contributed by atoms with Gasteiger partial charge in [-0.05, 0) is 33.6 Å². The monoisotopic (exact) mass is 265 g/mol. The van der Waals surface area contributed by atoms with Crippen molar-refractivity contribution >= 4 is 11.5 Å². The van der Waals surface area contributed by atoms with Crippen molar-refractivity contribution in [2.75, 3.05) is 33.7 Å². The SMILES string of the molecule is CN(C)CCCNCC(=O)c1cccc([N+](=O)[O-])c1. The van der Waals surface area contributed by atoms with Crippen LogP contribution in [-0.2, 0) is 0 Å². The Kier molecular flexibility index (Phi) is 6.11. The molecule has 0 unspecified atom stereocenters. The normalized spacial score (nSPS) is 10.7. The number of nitro benzene ring substituents is 1. The molecule has 0 atom stereocenters. The molecule has 0 aliphatic rings. The van der Waals surface area contributed by atoms with E-state index in [2.05, 4.69) is 10.2 Å². The fraction of sp³-hybridized carbons (Fsp3) is 0.462. The summed E-state index contributed by atoms with van der Waals surface area (Å²) >= 11 is 0. The minimum atomic E-state index is -0.499. The van der Waals surface area contributed by atoms with Crippen LogP contribution in [0.25, 0.3) is 0 Å². The van der Waals surface area contributed by atoms with Crippen LogP contribution < -0.4 is 5.32 Å². The van der Waals surface area contributed by atoms with Crippen LogP contribution in [0, 0.1) is 10.1 Å². The summed E-state index contributed by atoms with van der Waals surface area (Å²) in [6.45, 7) is 1.91. The first-order valence-electron chi connectivity index (χ1n) is 6.14. The summed E-state index contributed by atoms with van der Waals surface area (Å²) in [6.07, 6.45) is 0.954. The molecule has 0 radical (unpaired) electrons. The fourth-order valence-electron chi connectivity index (χ4n) is 1.62. The van der Waals surface area contributed by atoms with E-state index in [1.54, 1.807) is 6.07 Å². The lowest BCUT2D eigenvalue weighted by Gasteiger charge is -2.09. The second-order valence-electron chi connectivity index (χ2n) is 4.56. The first-order valence-corrected chi connectivity index (χ1v) is 6.14. The Labute approximate surface area is 112 Å². The van der Waals surface area contributed by atoms with Gasteiger partial charge >= 0.3 is 0 Å². The standard InChI is InChI=1S/C13H19N3O3/c1-15(2)8-4-7-14-10-13(17)11-5-3-6-12(9-11)16(18)19/h3,5-6,9,14H,4,7-8,10H2,1-2H3. The van der Waals surface area contributed by atoms with Gasteiger partial charge in [0.2, 0.25) is 0 Å². The van der Waals surface area contributed by atoms with Crippen LogP contribution >= 0.6 is 0 Å². The predicted octanol–water partition coefficient (Wildman–Crippen LogP) is 1.32. The minimum absolute atomic E-state index is 0.0570. The highest BCUT2D eigenvalue weighted by molar-refractivity contribution is 5.98. The summed E-state index contributed by atoms with van der Waals surface area (Å²) in [5.74, 6) is -0.131. The van der Waals surface area contributed by atoms with E-state index in [1.807, 2.05) is 14.1 Å². The van der Waals surface area contributed by atoms with Gasteiger partial charge in [-0.1, -0.05) is 12.1 Å². The molecule has 0 fully saturated rings. The summed E-state index contributed by atoms with van der Waals surface area (Å²) in [6, 6.07) is 5.80. The summed E-state index contributed by atoms with van der Waals surface area (Å²) in [5.41, 5.74) is 0.313. The molecule has 1 aromatic rings. The molecule has 0 amide bonds. The Hall–Kier alpha value is -1.79. The first-order chi connectivity index (χ1) is 9.00. The van der Waals surface area contributed by atoms with Gasteiger partial charge in [0.25, 0.3) is 5.69 Å². The number of nitrogens with one attached hydrogen (secondary N) is 1. The van der Waals surface area contributed by atoms with Crippen molar-refractivity contribution in [2.24, 2.45) is 0 Å². The zero-order valence-electron chi connectivity index (χ0n) is 11.3. The molecule has 104 valence electrons. The lowest BCUT2D eigenvalue weighted by atomic mass is 10.1. The lowest BCUT2D eigenvalue weighted by molar-refractivity contribution is -0.384. The smallest absolute Gasteiger partial charge is 0.270 e. The number of non-ortho nitro benzene ring substituents is 1. The predicted molar refractivity (Wildman–Crippen MR) is 73.5 cm³/mol. The highest BCUT2D eigenvalue weighted by Crippen LogP contribution is 2.13. The average Bonchev–Trinajstić information content (AvgIpc) is 2.37. The van der Waals surface area contributed by atoms with Crippen molar-refractivity contribution in [3.63, 3.8) is 0 Å². The Morgan fingerprint density at radius 1 is 1.42 bits per heavy atom. The number of ketones is 1. The molecule has 19 heavy (non-hydrogen) atoms. The molecule has 0 saturated heterocycles. The van der Waals surface area contributed by atoms with Gasteiger partial charge in [-0.15, -0.1) is 0 Å². The van der Waals surface area contributed by atoms with E-state index in [9.17, 15) is 14.9 Å². The van der Waals surface area contributed by atoms with Gasteiger partial charge in [-0.2, -0.15) is 0 Å². The van der Waals surface area contributed by atoms with E-state index in [1.165, 1.54) is 18.2 Å². The molecule has 0 heterocycles. The maximum Gasteiger partial charge on any atom is 0.270 e. The van der Waals surface area contributed by atoms with Gasteiger partial charge in [0.15, 0.2) is 5.78 Å². The molecule has 6 nitrogen and oxygen atoms in total. The molecule has 0 bridgehead atoms. The van der Waals surface area contributed by atoms with Gasteiger partial charge in [0, 0.05) is 17.7 Å². The molecule has 1 rings (SSSR count). The molecular formula is C13H19N3O3. The highest BCUT2D eigenvalue weighted by atomic mass is 16.6. The number of carbonyl (C=O) groups excluding carboxylic acids is 1. The number of rotatable bonds is 8. The van der Waals surface area contributed by atoms with E-state index < -0.39 is 4.92 Å². The van der Waals surface area contributed by atoms with Crippen molar-refractivity contribution in [2.45, 2.75) is 6.42 Å². The van der Waals surface area contributed by atoms with Crippen molar-refractivity contribution < 1.29 is 9.72 Å². The van der Waals surface area contributed by atoms with Crippen LogP contribution in [0.15, 0.2) is 24.3 Å². The molecule has 1 N–H and O–H groups in total. The summed E-state index contributed by atoms with van der Waals surface area (Å²) < 4.78 is 0. The third kappa shape index (κ3) is 5.58. The van der Waals surface area contributed by atoms with Crippen LogP contribution in [0.4, 0.5) is 5.69 Å². The second kappa shape index (κ2) is 7.60. The van der Waals surface area contributed by atoms with Gasteiger partial charge in [0.1, 0.15) is 0 Å². The fourth-order valence-corrected chi connectivity index (χ4v) is 1.62. The van der Waals surface area contributed by atoms with Gasteiger partial charge in [-0.3, -0.25) is 14.9 Å². The van der Waals surface area contributed by atoms with E-state index in [0.717, 1.165) is 19.5 Å². The largest absolute Gasteiger partial charge is 0.310 e. The van der Waals surface area contributed by atoms with Crippen molar-refractivity contribution in [1.82, 2.24) is 10.2 Å². The third-order valence-corrected chi connectivity index (χ3v) is 2.62. The van der Waals surface area contributed by atoms with Crippen molar-refractivity contribution in [3.8, 4) is 0 Å². The van der Waals surface area contributed by atoms with Crippen LogP contribution in [0.2, 0.25) is 0 Å². The summed E-state index contributed by atoms with van der Waals surface area (Å²) in [7, 11) is 3.99. The van der Waals surface area contributed by atoms with Crippen LogP contribution in [0.1, 0.15) is 16.8 Å². The molecule has 0 saturated carbocycles. The first kappa shape index (κ1) is 15.3. The molecule has 1 aromatic carbocycles. The Bertz CT molecular complexity index is 447. The van der Waals surface area contributed by atoms with Gasteiger partial charge < -0.3 is 10.2 Å². The Morgan fingerprint density at radius 3 is 2.79 bits per heavy atom. The number of carbonyl (C=O) groups is 1. The number of Topliss-reactive ketones (excluding diaryl/α,β-unsaturated/α-hetero) is 1. The number of hydrogen-bond acceptors (Lipinski definition) is 5. The van der Waals surface area contributed by atoms with Gasteiger partial charge in [-0.25, -0.2) is 0 Å². The molecule has 0 spiro atoms. The topological polar surface area (TPSA) is 75.5 Å². The van der Waals surface area contributed by atoms with E-state index in [4.69, 9.17) is 0 Å². The van der Waals surface area contributed by atoms with Crippen LogP contribution in [0.5, 0.6) is 0 Å². The third-order valence-electron chi connectivity index (χ3n) is 2.62. The second-order valence-corrected chi connectivity index (χ2v) is 4.56. The van der Waals surface area contributed by atoms with E-state index in [0.29, 0.717) is 5.56 Å². The Balaban J connectivity index is 2.41. The van der Waals surface area contributed by atoms with Crippen LogP contribution in [0.3, 0.4) is 0 Å². The van der Waals surface area contributed by atoms with Gasteiger partial charge in [0.05, 0.1) is 11.5 Å². The Morgan fingerprint density at radius 2 is 2.16 bits per heavy atom. The van der Waals surface area contributed by atoms with E-state index >= 15 is 0 Å². The molecule has 0 aromatic heterocycles. The number of nitrogens with zero attached hydrogens (tertiary/aromatic N) is 2. The molecule has 0 aliphatic carbocycles. The molecule has 0 aliphatic heterocycles. The number of hydrogen-bond donors (Lipinski definition) is 1. The average molecular weight is 265 g/mol. The maximum atomic E-state index is 11.8. The number of nitro groups is 1. The van der Waals surface area contributed by atoms with Crippen LogP contribution in [-0.4, -0.2) is 49.3 Å². The number of benzene rings is 1. The zero-order valence-corrected chi connectivity index (χ0v) is 11.3. The summed E-state index contributed by atoms with van der Waals surface area (Å²) in [4.78, 5) is 24.0. The maximum absolute atomic E-state index is 11.8. The summed E-state index contributed by atoms with van der Waals surface area (Å²) in [5, 5.41) is 13.7. The van der Waals surface area contributed by atoms with Crippen molar-refractivity contribution in [3.05, 3.63) is 39.9 Å². The quantitative estimate of drug-likeness (QED) is 0.332. The lowest BCUT2D eigenvalue weighted by Crippen LogP contribution is -2.26. The van der Waals surface area contributed by atoms with E-state index in [-0.39, 0.29) is 18.0 Å². The molecule has 6 heteroatoms. The van der Waals surface area contributed by atoms with Crippen molar-refractivity contribution in [1.29, 1.82) is 0 Å². The zero-order chi connectivity index (χ0) is 14.3.